The van der Waals surface area contributed by atoms with Crippen LogP contribution in [0, 0.1) is 11.3 Å². The first kappa shape index (κ1) is 15.2. The molecule has 0 atom stereocenters. The molecule has 0 radical (unpaired) electrons. The Labute approximate surface area is 137 Å². The second kappa shape index (κ2) is 6.22. The molecule has 1 heterocycles. The molecule has 24 heavy (non-hydrogen) atoms. The van der Waals surface area contributed by atoms with Crippen LogP contribution in [0.4, 0.5) is 5.69 Å². The number of nitriles is 1. The lowest BCUT2D eigenvalue weighted by Gasteiger charge is -2.03. The number of carboxylic acid groups (broad SMARTS) is 1. The van der Waals surface area contributed by atoms with Crippen LogP contribution in [0.15, 0.2) is 53.6 Å². The van der Waals surface area contributed by atoms with Crippen molar-refractivity contribution in [3.8, 4) is 6.07 Å². The predicted molar refractivity (Wildman–Crippen MR) is 89.9 cm³/mol. The number of benzene rings is 2. The van der Waals surface area contributed by atoms with Crippen molar-refractivity contribution in [2.45, 2.75) is 0 Å². The number of nitrogens with zero attached hydrogens (tertiary/aromatic N) is 4. The third-order valence-electron chi connectivity index (χ3n) is 3.53. The Balaban J connectivity index is 1.90. The smallest absolute Gasteiger partial charge is 0.335 e. The van der Waals surface area contributed by atoms with Crippen LogP contribution in [0.25, 0.3) is 11.0 Å². The van der Waals surface area contributed by atoms with Crippen molar-refractivity contribution in [1.82, 2.24) is 9.55 Å². The van der Waals surface area contributed by atoms with E-state index < -0.39 is 5.97 Å². The minimum Gasteiger partial charge on any atom is -0.478 e. The molecular formula is C17H13N5O2. The number of hydrogen-bond acceptors (Lipinski definition) is 5. The zero-order valence-electron chi connectivity index (χ0n) is 12.8. The molecule has 0 aliphatic carbocycles. The number of hydrogen-bond donors (Lipinski definition) is 2. The zero-order chi connectivity index (χ0) is 17.1. The number of aryl methyl sites for hydroxylation is 1. The highest BCUT2D eigenvalue weighted by molar-refractivity contribution is 6.11. The van der Waals surface area contributed by atoms with Gasteiger partial charge in [-0.2, -0.15) is 10.4 Å². The first-order valence-corrected chi connectivity index (χ1v) is 7.09. The fourth-order valence-corrected chi connectivity index (χ4v) is 2.29. The Morgan fingerprint density at radius 2 is 1.96 bits per heavy atom. The molecule has 0 amide bonds. The Kier molecular flexibility index (Phi) is 3.95. The van der Waals surface area contributed by atoms with E-state index in [9.17, 15) is 10.1 Å². The molecule has 0 bridgehead atoms. The molecule has 3 aromatic rings. The largest absolute Gasteiger partial charge is 0.478 e. The van der Waals surface area contributed by atoms with Gasteiger partial charge in [0.1, 0.15) is 6.07 Å². The van der Waals surface area contributed by atoms with Gasteiger partial charge in [0.25, 0.3) is 0 Å². The number of nitrogens with one attached hydrogen (secondary N) is 1. The molecule has 0 aliphatic heterocycles. The van der Waals surface area contributed by atoms with E-state index in [2.05, 4.69) is 15.5 Å². The molecule has 0 saturated carbocycles. The monoisotopic (exact) mass is 319 g/mol. The van der Waals surface area contributed by atoms with E-state index in [-0.39, 0.29) is 11.3 Å². The maximum absolute atomic E-state index is 10.8. The lowest BCUT2D eigenvalue weighted by molar-refractivity contribution is 0.0697. The van der Waals surface area contributed by atoms with E-state index in [4.69, 9.17) is 5.11 Å². The highest BCUT2D eigenvalue weighted by Crippen LogP contribution is 2.15. The fourth-order valence-electron chi connectivity index (χ4n) is 2.29. The van der Waals surface area contributed by atoms with E-state index in [1.54, 1.807) is 16.7 Å². The van der Waals surface area contributed by atoms with Gasteiger partial charge in [-0.1, -0.05) is 12.1 Å². The molecule has 7 heteroatoms. The van der Waals surface area contributed by atoms with Gasteiger partial charge in [0.15, 0.2) is 5.82 Å². The summed E-state index contributed by atoms with van der Waals surface area (Å²) in [5, 5.41) is 22.3. The lowest BCUT2D eigenvalue weighted by Crippen LogP contribution is -2.09. The zero-order valence-corrected chi connectivity index (χ0v) is 12.8. The summed E-state index contributed by atoms with van der Waals surface area (Å²) in [5.74, 6) is -0.546. The van der Waals surface area contributed by atoms with E-state index in [1.807, 2.05) is 37.4 Å². The van der Waals surface area contributed by atoms with Gasteiger partial charge in [0, 0.05) is 7.05 Å². The highest BCUT2D eigenvalue weighted by Gasteiger charge is 2.13. The van der Waals surface area contributed by atoms with E-state index in [1.165, 1.54) is 12.1 Å². The average molecular weight is 319 g/mol. The summed E-state index contributed by atoms with van der Waals surface area (Å²) < 4.78 is 1.80. The van der Waals surface area contributed by atoms with Crippen LogP contribution >= 0.6 is 0 Å². The number of hydrazone groups is 1. The molecular weight excluding hydrogens is 306 g/mol. The number of aromatic carboxylic acids is 1. The van der Waals surface area contributed by atoms with Gasteiger partial charge in [0.05, 0.1) is 22.3 Å². The van der Waals surface area contributed by atoms with Gasteiger partial charge >= 0.3 is 5.97 Å². The summed E-state index contributed by atoms with van der Waals surface area (Å²) in [6.45, 7) is 0. The van der Waals surface area contributed by atoms with Crippen LogP contribution < -0.4 is 5.43 Å². The molecule has 0 unspecified atom stereocenters. The normalized spacial score (nSPS) is 11.2. The first-order valence-electron chi connectivity index (χ1n) is 7.09. The molecule has 0 saturated heterocycles. The molecule has 7 nitrogen and oxygen atoms in total. The third kappa shape index (κ3) is 2.80. The summed E-state index contributed by atoms with van der Waals surface area (Å²) in [6.07, 6.45) is 0. The van der Waals surface area contributed by atoms with Crippen LogP contribution in [0.3, 0.4) is 0 Å². The van der Waals surface area contributed by atoms with Crippen molar-refractivity contribution in [2.75, 3.05) is 5.43 Å². The van der Waals surface area contributed by atoms with E-state index in [0.29, 0.717) is 11.5 Å². The Morgan fingerprint density at radius 3 is 2.58 bits per heavy atom. The first-order chi connectivity index (χ1) is 11.6. The van der Waals surface area contributed by atoms with Crippen molar-refractivity contribution in [1.29, 1.82) is 5.26 Å². The minimum atomic E-state index is -0.998. The summed E-state index contributed by atoms with van der Waals surface area (Å²) in [5.41, 5.74) is 5.33. The fraction of sp³-hybridized carbons (Fsp3) is 0.0588. The van der Waals surface area contributed by atoms with Crippen LogP contribution in [-0.2, 0) is 7.05 Å². The second-order valence-electron chi connectivity index (χ2n) is 5.05. The van der Waals surface area contributed by atoms with Crippen molar-refractivity contribution >= 4 is 28.4 Å². The Bertz CT molecular complexity index is 980. The van der Waals surface area contributed by atoms with Gasteiger partial charge < -0.3 is 9.67 Å². The van der Waals surface area contributed by atoms with Crippen LogP contribution in [-0.4, -0.2) is 26.3 Å². The number of aromatic nitrogens is 2. The molecule has 2 N–H and O–H groups in total. The molecule has 0 spiro atoms. The number of fused-ring (bicyclic) bond motifs is 1. The molecule has 1 aromatic heterocycles. The number of carbonyl (C=O) groups is 1. The standard InChI is InChI=1S/C17H13N5O2/c1-22-15-5-3-2-4-13(15)19-16(22)14(10-18)21-20-12-8-6-11(7-9-12)17(23)24/h2-9,20H,1H3,(H,23,24). The predicted octanol–water partition coefficient (Wildman–Crippen LogP) is 2.61. The summed E-state index contributed by atoms with van der Waals surface area (Å²) >= 11 is 0. The quantitative estimate of drug-likeness (QED) is 0.568. The second-order valence-corrected chi connectivity index (χ2v) is 5.05. The minimum absolute atomic E-state index is 0.135. The van der Waals surface area contributed by atoms with Gasteiger partial charge in [0.2, 0.25) is 5.71 Å². The number of rotatable bonds is 4. The van der Waals surface area contributed by atoms with E-state index >= 15 is 0 Å². The summed E-state index contributed by atoms with van der Waals surface area (Å²) in [7, 11) is 1.82. The lowest BCUT2D eigenvalue weighted by atomic mass is 10.2. The van der Waals surface area contributed by atoms with Crippen LogP contribution in [0.2, 0.25) is 0 Å². The summed E-state index contributed by atoms with van der Waals surface area (Å²) in [4.78, 5) is 15.3. The molecule has 2 aromatic carbocycles. The number of carboxylic acids is 1. The maximum Gasteiger partial charge on any atom is 0.335 e. The van der Waals surface area contributed by atoms with Gasteiger partial charge in [-0.3, -0.25) is 5.43 Å². The van der Waals surface area contributed by atoms with Gasteiger partial charge in [-0.05, 0) is 36.4 Å². The van der Waals surface area contributed by atoms with Crippen molar-refractivity contribution in [2.24, 2.45) is 12.1 Å². The Hall–Kier alpha value is -3.66. The van der Waals surface area contributed by atoms with Crippen molar-refractivity contribution < 1.29 is 9.90 Å². The molecule has 0 fully saturated rings. The van der Waals surface area contributed by atoms with Gasteiger partial charge in [-0.25, -0.2) is 9.78 Å². The Morgan fingerprint density at radius 1 is 1.25 bits per heavy atom. The topological polar surface area (TPSA) is 103 Å². The van der Waals surface area contributed by atoms with Gasteiger partial charge in [-0.15, -0.1) is 0 Å². The van der Waals surface area contributed by atoms with E-state index in [0.717, 1.165) is 11.0 Å². The highest BCUT2D eigenvalue weighted by atomic mass is 16.4. The maximum atomic E-state index is 10.8. The number of imidazole rings is 1. The molecule has 0 aliphatic rings. The van der Waals surface area contributed by atoms with Crippen molar-refractivity contribution in [3.05, 3.63) is 59.9 Å². The molecule has 3 rings (SSSR count). The van der Waals surface area contributed by atoms with Crippen molar-refractivity contribution in [3.63, 3.8) is 0 Å². The number of anilines is 1. The molecule has 118 valence electrons. The average Bonchev–Trinajstić information content (AvgIpc) is 2.93. The number of para-hydroxylation sites is 2. The van der Waals surface area contributed by atoms with Crippen LogP contribution in [0.5, 0.6) is 0 Å². The third-order valence-corrected chi connectivity index (χ3v) is 3.53. The SMILES string of the molecule is Cn1c(C(C#N)=NNc2ccc(C(=O)O)cc2)nc2ccccc21. The summed E-state index contributed by atoms with van der Waals surface area (Å²) in [6, 6.07) is 15.7. The van der Waals surface area contributed by atoms with Crippen LogP contribution in [0.1, 0.15) is 16.2 Å².